The molecule has 0 bridgehead atoms. The topological polar surface area (TPSA) is 114 Å². The van der Waals surface area contributed by atoms with Crippen LogP contribution in [0.2, 0.25) is 0 Å². The lowest BCUT2D eigenvalue weighted by atomic mass is 10.0. The number of ether oxygens (including phenoxy) is 1. The molecule has 0 spiro atoms. The summed E-state index contributed by atoms with van der Waals surface area (Å²) in [6.07, 6.45) is 2.64. The SMILES string of the molecule is CCCc1c(OCc2cccc(S(=O)c3cc(C(=O)O)ccn3)c2)ccc(C(C)=O)c1O. The van der Waals surface area contributed by atoms with Gasteiger partial charge in [-0.15, -0.1) is 0 Å². The van der Waals surface area contributed by atoms with Crippen molar-refractivity contribution in [3.63, 3.8) is 0 Å². The van der Waals surface area contributed by atoms with Gasteiger partial charge < -0.3 is 14.9 Å². The van der Waals surface area contributed by atoms with Gasteiger partial charge in [-0.2, -0.15) is 0 Å². The molecule has 0 saturated carbocycles. The summed E-state index contributed by atoms with van der Waals surface area (Å²) in [7, 11) is -1.66. The van der Waals surface area contributed by atoms with Crippen molar-refractivity contribution in [3.8, 4) is 11.5 Å². The van der Waals surface area contributed by atoms with Crippen molar-refractivity contribution >= 4 is 22.6 Å². The Kier molecular flexibility index (Phi) is 7.37. The number of carboxylic acids is 1. The number of ketones is 1. The maximum atomic E-state index is 12.9. The number of hydrogen-bond acceptors (Lipinski definition) is 6. The van der Waals surface area contributed by atoms with Crippen molar-refractivity contribution < 1.29 is 28.7 Å². The van der Waals surface area contributed by atoms with E-state index in [1.807, 2.05) is 13.0 Å². The van der Waals surface area contributed by atoms with Gasteiger partial charge in [0.25, 0.3) is 0 Å². The Hall–Kier alpha value is -3.52. The molecule has 3 rings (SSSR count). The first-order valence-electron chi connectivity index (χ1n) is 10.0. The summed E-state index contributed by atoms with van der Waals surface area (Å²) < 4.78 is 18.8. The number of carbonyl (C=O) groups excluding carboxylic acids is 1. The lowest BCUT2D eigenvalue weighted by Crippen LogP contribution is -2.04. The number of aromatic nitrogens is 1. The van der Waals surface area contributed by atoms with Crippen LogP contribution < -0.4 is 4.74 Å². The van der Waals surface area contributed by atoms with Gasteiger partial charge in [-0.1, -0.05) is 25.5 Å². The van der Waals surface area contributed by atoms with Crippen LogP contribution in [0.25, 0.3) is 0 Å². The number of nitrogens with zero attached hydrogens (tertiary/aromatic N) is 1. The third-order valence-corrected chi connectivity index (χ3v) is 6.08. The number of benzene rings is 2. The molecule has 2 N–H and O–H groups in total. The van der Waals surface area contributed by atoms with E-state index in [0.29, 0.717) is 22.6 Å². The van der Waals surface area contributed by atoms with E-state index in [4.69, 9.17) is 9.84 Å². The van der Waals surface area contributed by atoms with E-state index in [9.17, 15) is 18.9 Å². The van der Waals surface area contributed by atoms with Crippen molar-refractivity contribution in [2.75, 3.05) is 0 Å². The average molecular weight is 454 g/mol. The van der Waals surface area contributed by atoms with E-state index in [1.165, 1.54) is 25.3 Å². The fourth-order valence-electron chi connectivity index (χ4n) is 3.21. The van der Waals surface area contributed by atoms with Gasteiger partial charge >= 0.3 is 5.97 Å². The number of rotatable bonds is 9. The second kappa shape index (κ2) is 10.2. The predicted octanol–water partition coefficient (Wildman–Crippen LogP) is 4.39. The van der Waals surface area contributed by atoms with Gasteiger partial charge in [-0.05, 0) is 55.3 Å². The average Bonchev–Trinajstić information content (AvgIpc) is 2.79. The molecule has 0 aliphatic carbocycles. The van der Waals surface area contributed by atoms with Crippen LogP contribution in [0, 0.1) is 0 Å². The normalized spacial score (nSPS) is 11.7. The number of pyridine rings is 1. The Morgan fingerprint density at radius 2 is 1.91 bits per heavy atom. The molecule has 2 aromatic carbocycles. The Morgan fingerprint density at radius 1 is 1.12 bits per heavy atom. The van der Waals surface area contributed by atoms with E-state index < -0.39 is 16.8 Å². The first-order valence-corrected chi connectivity index (χ1v) is 11.2. The molecule has 1 aromatic heterocycles. The number of hydrogen-bond donors (Lipinski definition) is 2. The molecule has 0 saturated heterocycles. The molecule has 0 radical (unpaired) electrons. The van der Waals surface area contributed by atoms with Crippen LogP contribution in [-0.2, 0) is 23.8 Å². The molecule has 1 unspecified atom stereocenters. The van der Waals surface area contributed by atoms with Gasteiger partial charge in [-0.3, -0.25) is 4.79 Å². The van der Waals surface area contributed by atoms with Gasteiger partial charge in [0.1, 0.15) is 33.9 Å². The molecule has 32 heavy (non-hydrogen) atoms. The first kappa shape index (κ1) is 23.1. The van der Waals surface area contributed by atoms with Crippen LogP contribution in [0.3, 0.4) is 0 Å². The van der Waals surface area contributed by atoms with Crippen molar-refractivity contribution in [3.05, 3.63) is 77.0 Å². The summed E-state index contributed by atoms with van der Waals surface area (Å²) in [4.78, 5) is 27.4. The predicted molar refractivity (Wildman–Crippen MR) is 119 cm³/mol. The quantitative estimate of drug-likeness (QED) is 0.462. The smallest absolute Gasteiger partial charge is 0.335 e. The Morgan fingerprint density at radius 3 is 2.59 bits per heavy atom. The highest BCUT2D eigenvalue weighted by atomic mass is 32.2. The highest BCUT2D eigenvalue weighted by molar-refractivity contribution is 7.85. The number of phenolic OH excluding ortho intramolecular Hbond substituents is 1. The second-order valence-corrected chi connectivity index (χ2v) is 8.56. The molecular formula is C24H23NO6S. The molecule has 0 aliphatic rings. The van der Waals surface area contributed by atoms with E-state index in [0.717, 1.165) is 12.0 Å². The molecule has 0 aliphatic heterocycles. The van der Waals surface area contributed by atoms with E-state index in [2.05, 4.69) is 4.98 Å². The lowest BCUT2D eigenvalue weighted by Gasteiger charge is -2.15. The summed E-state index contributed by atoms with van der Waals surface area (Å²) in [6, 6.07) is 12.8. The van der Waals surface area contributed by atoms with Gasteiger partial charge in [0.05, 0.1) is 11.1 Å². The fourth-order valence-corrected chi connectivity index (χ4v) is 4.30. The van der Waals surface area contributed by atoms with E-state index in [1.54, 1.807) is 30.3 Å². The van der Waals surface area contributed by atoms with Crippen molar-refractivity contribution in [1.82, 2.24) is 4.98 Å². The third-order valence-electron chi connectivity index (χ3n) is 4.80. The maximum Gasteiger partial charge on any atom is 0.335 e. The summed E-state index contributed by atoms with van der Waals surface area (Å²) in [5.74, 6) is -0.912. The molecule has 0 amide bonds. The highest BCUT2D eigenvalue weighted by Gasteiger charge is 2.17. The van der Waals surface area contributed by atoms with Gasteiger partial charge in [0, 0.05) is 16.7 Å². The third kappa shape index (κ3) is 5.20. The summed E-state index contributed by atoms with van der Waals surface area (Å²) in [5.41, 5.74) is 1.59. The van der Waals surface area contributed by atoms with Crippen LogP contribution in [-0.4, -0.2) is 31.2 Å². The number of phenols is 1. The summed E-state index contributed by atoms with van der Waals surface area (Å²) in [5, 5.41) is 19.8. The molecule has 1 atom stereocenters. The largest absolute Gasteiger partial charge is 0.507 e. The highest BCUT2D eigenvalue weighted by Crippen LogP contribution is 2.33. The number of aromatic carboxylic acids is 1. The summed E-state index contributed by atoms with van der Waals surface area (Å²) >= 11 is 0. The molecular weight excluding hydrogens is 430 g/mol. The van der Waals surface area contributed by atoms with Crippen LogP contribution in [0.1, 0.15) is 52.1 Å². The minimum Gasteiger partial charge on any atom is -0.507 e. The first-order chi connectivity index (χ1) is 15.3. The van der Waals surface area contributed by atoms with Crippen LogP contribution >= 0.6 is 0 Å². The molecule has 7 nitrogen and oxygen atoms in total. The monoisotopic (exact) mass is 453 g/mol. The second-order valence-electron chi connectivity index (χ2n) is 7.14. The minimum absolute atomic E-state index is 0.0140. The number of carbonyl (C=O) groups is 2. The zero-order valence-electron chi connectivity index (χ0n) is 17.7. The standard InChI is InChI=1S/C24H23NO6S/c1-3-5-20-21(9-8-19(15(2)26)23(20)27)31-14-16-6-4-7-18(12-16)32(30)22-13-17(24(28)29)10-11-25-22/h4,6-13,27H,3,5,14H2,1-2H3,(H,28,29). The van der Waals surface area contributed by atoms with Crippen LogP contribution in [0.5, 0.6) is 11.5 Å². The number of carboxylic acid groups (broad SMARTS) is 1. The van der Waals surface area contributed by atoms with Crippen molar-refractivity contribution in [2.24, 2.45) is 0 Å². The maximum absolute atomic E-state index is 12.9. The zero-order chi connectivity index (χ0) is 23.3. The van der Waals surface area contributed by atoms with Gasteiger partial charge in [0.2, 0.25) is 0 Å². The van der Waals surface area contributed by atoms with Crippen LogP contribution in [0.4, 0.5) is 0 Å². The Bertz CT molecular complexity index is 1190. The number of Topliss-reactive ketones (excluding diaryl/α,β-unsaturated/α-hetero) is 1. The van der Waals surface area contributed by atoms with E-state index >= 15 is 0 Å². The summed E-state index contributed by atoms with van der Waals surface area (Å²) in [6.45, 7) is 3.52. The molecule has 166 valence electrons. The molecule has 0 fully saturated rings. The molecule has 1 heterocycles. The van der Waals surface area contributed by atoms with E-state index in [-0.39, 0.29) is 34.3 Å². The fraction of sp³-hybridized carbons (Fsp3) is 0.208. The van der Waals surface area contributed by atoms with Gasteiger partial charge in [-0.25, -0.2) is 14.0 Å². The molecule has 3 aromatic rings. The molecule has 8 heteroatoms. The van der Waals surface area contributed by atoms with Crippen LogP contribution in [0.15, 0.2) is 64.6 Å². The Balaban J connectivity index is 1.82. The Labute approximate surface area is 188 Å². The van der Waals surface area contributed by atoms with Crippen molar-refractivity contribution in [2.45, 2.75) is 43.2 Å². The minimum atomic E-state index is -1.66. The number of aromatic hydroxyl groups is 1. The van der Waals surface area contributed by atoms with Crippen molar-refractivity contribution in [1.29, 1.82) is 0 Å². The lowest BCUT2D eigenvalue weighted by molar-refractivity contribution is 0.0696. The zero-order valence-corrected chi connectivity index (χ0v) is 18.5. The van der Waals surface area contributed by atoms with Gasteiger partial charge in [0.15, 0.2) is 5.78 Å².